The maximum atomic E-state index is 13.0. The number of unbranched alkanes of at least 4 members (excludes halogenated alkanes) is 1. The van der Waals surface area contributed by atoms with Crippen LogP contribution in [0.3, 0.4) is 0 Å². The maximum Gasteiger partial charge on any atom is 0.336 e. The number of nitrogens with zero attached hydrogens (tertiary/aromatic N) is 2. The quantitative estimate of drug-likeness (QED) is 0.483. The number of esters is 2. The predicted molar refractivity (Wildman–Crippen MR) is 110 cm³/mol. The first-order valence-electron chi connectivity index (χ1n) is 9.78. The van der Waals surface area contributed by atoms with Gasteiger partial charge in [0.25, 0.3) is 0 Å². The summed E-state index contributed by atoms with van der Waals surface area (Å²) in [5, 5.41) is 2.90. The van der Waals surface area contributed by atoms with Gasteiger partial charge in [0.15, 0.2) is 0 Å². The molecule has 0 spiro atoms. The van der Waals surface area contributed by atoms with Gasteiger partial charge in [-0.15, -0.1) is 0 Å². The van der Waals surface area contributed by atoms with Crippen LogP contribution in [0.5, 0.6) is 0 Å². The molecule has 1 unspecified atom stereocenters. The molecule has 2 heterocycles. The van der Waals surface area contributed by atoms with Gasteiger partial charge in [0.2, 0.25) is 15.0 Å². The number of carbonyl (C=O) groups excluding carboxylic acids is 2. The fraction of sp³-hybridized carbons (Fsp3) is 0.550. The van der Waals surface area contributed by atoms with Crippen LogP contribution in [0.1, 0.15) is 52.1 Å². The maximum absolute atomic E-state index is 13.0. The van der Waals surface area contributed by atoms with Crippen LogP contribution in [-0.2, 0) is 35.9 Å². The van der Waals surface area contributed by atoms with Crippen molar-refractivity contribution in [1.29, 1.82) is 0 Å². The molecule has 0 fully saturated rings. The Hall–Kier alpha value is -2.62. The number of rotatable bonds is 8. The fourth-order valence-electron chi connectivity index (χ4n) is 3.44. The Labute approximate surface area is 177 Å². The van der Waals surface area contributed by atoms with Crippen LogP contribution in [0.15, 0.2) is 33.9 Å². The van der Waals surface area contributed by atoms with Gasteiger partial charge >= 0.3 is 11.9 Å². The van der Waals surface area contributed by atoms with E-state index in [2.05, 4.69) is 10.3 Å². The number of allylic oxidation sites excluding steroid dienone is 2. The molecule has 0 aromatic carbocycles. The number of hydrogen-bond donors (Lipinski definition) is 1. The van der Waals surface area contributed by atoms with Gasteiger partial charge in [-0.2, -0.15) is 0 Å². The molecule has 9 nitrogen and oxygen atoms in total. The Morgan fingerprint density at radius 3 is 2.17 bits per heavy atom. The van der Waals surface area contributed by atoms with E-state index >= 15 is 0 Å². The van der Waals surface area contributed by atoms with Crippen LogP contribution < -0.4 is 5.32 Å². The average molecular weight is 440 g/mol. The highest BCUT2D eigenvalue weighted by Crippen LogP contribution is 2.39. The van der Waals surface area contributed by atoms with Crippen LogP contribution in [0, 0.1) is 0 Å². The Bertz CT molecular complexity index is 1000. The second kappa shape index (κ2) is 9.46. The van der Waals surface area contributed by atoms with E-state index in [4.69, 9.17) is 9.47 Å². The van der Waals surface area contributed by atoms with E-state index in [-0.39, 0.29) is 29.5 Å². The predicted octanol–water partition coefficient (Wildman–Crippen LogP) is 1.96. The molecule has 0 bridgehead atoms. The number of aromatic nitrogens is 2. The molecular formula is C20H29N3O6S. The Balaban J connectivity index is 2.66. The molecule has 1 atom stereocenters. The topological polar surface area (TPSA) is 117 Å². The molecule has 2 rings (SSSR count). The summed E-state index contributed by atoms with van der Waals surface area (Å²) in [4.78, 5) is 29.8. The molecule has 0 radical (unpaired) electrons. The van der Waals surface area contributed by atoms with E-state index in [1.54, 1.807) is 20.8 Å². The van der Waals surface area contributed by atoms with Crippen molar-refractivity contribution in [3.63, 3.8) is 0 Å². The minimum atomic E-state index is -3.61. The van der Waals surface area contributed by atoms with E-state index in [0.717, 1.165) is 12.7 Å². The van der Waals surface area contributed by atoms with Crippen molar-refractivity contribution < 1.29 is 27.5 Å². The van der Waals surface area contributed by atoms with Crippen molar-refractivity contribution in [1.82, 2.24) is 14.9 Å². The van der Waals surface area contributed by atoms with E-state index in [1.807, 2.05) is 6.92 Å². The van der Waals surface area contributed by atoms with Gasteiger partial charge < -0.3 is 19.4 Å². The van der Waals surface area contributed by atoms with E-state index < -0.39 is 27.7 Å². The first-order valence-corrected chi connectivity index (χ1v) is 11.7. The number of imidazole rings is 1. The van der Waals surface area contributed by atoms with Gasteiger partial charge in [-0.25, -0.2) is 23.0 Å². The van der Waals surface area contributed by atoms with Crippen molar-refractivity contribution >= 4 is 21.8 Å². The summed E-state index contributed by atoms with van der Waals surface area (Å²) in [6.07, 6.45) is 3.99. The van der Waals surface area contributed by atoms with E-state index in [9.17, 15) is 18.0 Å². The van der Waals surface area contributed by atoms with Gasteiger partial charge in [0.05, 0.1) is 42.2 Å². The number of nitrogens with one attached hydrogen (secondary N) is 1. The second-order valence-electron chi connectivity index (χ2n) is 7.14. The van der Waals surface area contributed by atoms with Gasteiger partial charge in [-0.3, -0.25) is 0 Å². The van der Waals surface area contributed by atoms with Crippen molar-refractivity contribution in [3.05, 3.63) is 34.4 Å². The normalized spacial score (nSPS) is 17.1. The molecule has 0 amide bonds. The van der Waals surface area contributed by atoms with Gasteiger partial charge in [-0.05, 0) is 27.2 Å². The van der Waals surface area contributed by atoms with Gasteiger partial charge in [0, 0.05) is 24.7 Å². The zero-order valence-electron chi connectivity index (χ0n) is 18.2. The third kappa shape index (κ3) is 4.75. The largest absolute Gasteiger partial charge is 0.463 e. The number of carbonyl (C=O) groups is 2. The van der Waals surface area contributed by atoms with Crippen LogP contribution in [0.25, 0.3) is 0 Å². The number of sulfone groups is 1. The molecule has 1 aromatic heterocycles. The first-order chi connectivity index (χ1) is 14.0. The number of ether oxygens (including phenoxy) is 2. The molecule has 0 saturated carbocycles. The third-order valence-corrected chi connectivity index (χ3v) is 5.86. The Kier molecular flexibility index (Phi) is 7.46. The summed E-state index contributed by atoms with van der Waals surface area (Å²) >= 11 is 0. The van der Waals surface area contributed by atoms with Gasteiger partial charge in [-0.1, -0.05) is 13.3 Å². The monoisotopic (exact) mass is 439 g/mol. The van der Waals surface area contributed by atoms with Crippen LogP contribution in [0.4, 0.5) is 0 Å². The van der Waals surface area contributed by atoms with Gasteiger partial charge in [0.1, 0.15) is 0 Å². The summed E-state index contributed by atoms with van der Waals surface area (Å²) in [5.41, 5.74) is 1.86. The lowest BCUT2D eigenvalue weighted by molar-refractivity contribution is -0.140. The summed E-state index contributed by atoms with van der Waals surface area (Å²) in [6.45, 7) is 7.48. The molecule has 1 aliphatic rings. The Morgan fingerprint density at radius 1 is 1.13 bits per heavy atom. The van der Waals surface area contributed by atoms with Crippen LogP contribution in [-0.4, -0.2) is 49.4 Å². The number of hydrogen-bond acceptors (Lipinski definition) is 8. The zero-order valence-corrected chi connectivity index (χ0v) is 19.1. The Morgan fingerprint density at radius 2 is 1.70 bits per heavy atom. The molecule has 166 valence electrons. The summed E-state index contributed by atoms with van der Waals surface area (Å²) in [6, 6.07) is 0. The minimum Gasteiger partial charge on any atom is -0.463 e. The highest BCUT2D eigenvalue weighted by atomic mass is 32.2. The molecule has 1 aromatic rings. The summed E-state index contributed by atoms with van der Waals surface area (Å²) < 4.78 is 36.2. The van der Waals surface area contributed by atoms with Crippen molar-refractivity contribution in [2.75, 3.05) is 19.5 Å². The molecule has 0 aliphatic carbocycles. The van der Waals surface area contributed by atoms with E-state index in [1.165, 1.54) is 17.8 Å². The third-order valence-electron chi connectivity index (χ3n) is 4.82. The average Bonchev–Trinajstić information content (AvgIpc) is 3.02. The lowest BCUT2D eigenvalue weighted by atomic mass is 9.83. The van der Waals surface area contributed by atoms with Crippen molar-refractivity contribution in [3.8, 4) is 0 Å². The number of dihydropyridines is 1. The molecule has 10 heteroatoms. The SMILES string of the molecule is CCCCOC(=O)C1=C(C)NC(C)=C(C(=O)OCC)C1c1cnc(S(C)(=O)=O)n1C. The standard InChI is InChI=1S/C20H29N3O6S/c1-7-9-10-29-19(25)16-13(4)22-12(3)15(18(24)28-8-2)17(16)14-11-21-20(23(14)5)30(6,26)27/h11,17,22H,7-10H2,1-6H3. The fourth-order valence-corrected chi connectivity index (χ4v) is 4.29. The zero-order chi connectivity index (χ0) is 22.6. The molecule has 0 saturated heterocycles. The lowest BCUT2D eigenvalue weighted by Gasteiger charge is -2.30. The molecule has 30 heavy (non-hydrogen) atoms. The van der Waals surface area contributed by atoms with Crippen LogP contribution >= 0.6 is 0 Å². The summed E-state index contributed by atoms with van der Waals surface area (Å²) in [7, 11) is -2.07. The summed E-state index contributed by atoms with van der Waals surface area (Å²) in [5.74, 6) is -2.05. The van der Waals surface area contributed by atoms with Crippen molar-refractivity contribution in [2.24, 2.45) is 7.05 Å². The van der Waals surface area contributed by atoms with E-state index in [0.29, 0.717) is 23.5 Å². The smallest absolute Gasteiger partial charge is 0.336 e. The molecule has 1 aliphatic heterocycles. The minimum absolute atomic E-state index is 0.154. The highest BCUT2D eigenvalue weighted by molar-refractivity contribution is 7.90. The second-order valence-corrected chi connectivity index (χ2v) is 9.05. The molecule has 1 N–H and O–H groups in total. The highest BCUT2D eigenvalue weighted by Gasteiger charge is 2.40. The first kappa shape index (κ1) is 23.7. The molecular weight excluding hydrogens is 410 g/mol. The van der Waals surface area contributed by atoms with Crippen LogP contribution in [0.2, 0.25) is 0 Å². The van der Waals surface area contributed by atoms with Crippen molar-refractivity contribution in [2.45, 2.75) is 51.6 Å². The lowest BCUT2D eigenvalue weighted by Crippen LogP contribution is -2.33.